The summed E-state index contributed by atoms with van der Waals surface area (Å²) in [7, 11) is 1.72. The highest BCUT2D eigenvalue weighted by Crippen LogP contribution is 2.31. The molecule has 6 heteroatoms. The fourth-order valence-electron chi connectivity index (χ4n) is 4.97. The minimum atomic E-state index is -0.233. The van der Waals surface area contributed by atoms with Crippen molar-refractivity contribution in [3.63, 3.8) is 0 Å². The number of rotatable bonds is 8. The molecule has 0 radical (unpaired) electrons. The number of likely N-dealkylation sites (tertiary alicyclic amines) is 1. The largest absolute Gasteiger partial charge is 0.383 e. The Labute approximate surface area is 218 Å². The summed E-state index contributed by atoms with van der Waals surface area (Å²) in [6.45, 7) is 3.14. The molecule has 1 aliphatic heterocycles. The third-order valence-electron chi connectivity index (χ3n) is 6.84. The van der Waals surface area contributed by atoms with E-state index in [4.69, 9.17) is 9.72 Å². The molecule has 2 unspecified atom stereocenters. The monoisotopic (exact) mass is 492 g/mol. The molecule has 1 saturated heterocycles. The van der Waals surface area contributed by atoms with Crippen LogP contribution in [0.3, 0.4) is 0 Å². The average Bonchev–Trinajstić information content (AvgIpc) is 3.35. The first kappa shape index (κ1) is 24.7. The van der Waals surface area contributed by atoms with Crippen LogP contribution in [0, 0.1) is 0 Å². The summed E-state index contributed by atoms with van der Waals surface area (Å²) in [6.07, 6.45) is 1.86. The summed E-state index contributed by atoms with van der Waals surface area (Å²) in [4.78, 5) is 20.5. The quantitative estimate of drug-likeness (QED) is 0.334. The molecule has 4 aromatic rings. The van der Waals surface area contributed by atoms with Crippen molar-refractivity contribution in [3.8, 4) is 22.4 Å². The van der Waals surface area contributed by atoms with Crippen LogP contribution in [0.4, 0.5) is 10.5 Å². The second-order valence-corrected chi connectivity index (χ2v) is 9.33. The van der Waals surface area contributed by atoms with Gasteiger partial charge in [0.15, 0.2) is 0 Å². The third kappa shape index (κ3) is 6.05. The molecular weight excluding hydrogens is 460 g/mol. The lowest BCUT2D eigenvalue weighted by atomic mass is 9.94. The van der Waals surface area contributed by atoms with Gasteiger partial charge in [0.25, 0.3) is 0 Å². The zero-order valence-electron chi connectivity index (χ0n) is 21.0. The number of carbonyl (C=O) groups is 1. The molecule has 2 atom stereocenters. The highest BCUT2D eigenvalue weighted by Gasteiger charge is 2.34. The van der Waals surface area contributed by atoms with Crippen LogP contribution in [0.2, 0.25) is 0 Å². The zero-order chi connectivity index (χ0) is 25.5. The number of hydrogen-bond donors (Lipinski definition) is 2. The van der Waals surface area contributed by atoms with Crippen molar-refractivity contribution in [2.24, 2.45) is 0 Å². The van der Waals surface area contributed by atoms with E-state index in [1.165, 1.54) is 5.56 Å². The predicted molar refractivity (Wildman–Crippen MR) is 149 cm³/mol. The molecule has 5 rings (SSSR count). The summed E-state index contributed by atoms with van der Waals surface area (Å²) >= 11 is 0. The molecule has 188 valence electrons. The SMILES string of the molecule is COCCN1CC(NC(=O)Nc2cc(-c3ccccc3)cnc2-c2ccccc2)C(c2ccccc2)C1. The van der Waals surface area contributed by atoms with E-state index in [1.807, 2.05) is 79.0 Å². The zero-order valence-corrected chi connectivity index (χ0v) is 21.0. The standard InChI is InChI=1S/C31H32N4O2/c1-37-18-17-35-21-27(24-13-7-3-8-14-24)29(22-35)34-31(36)33-28-19-26(23-11-5-2-6-12-23)20-32-30(28)25-15-9-4-10-16-25/h2-16,19-20,27,29H,17-18,21-22H2,1H3,(H2,33,34,36). The highest BCUT2D eigenvalue weighted by molar-refractivity contribution is 5.95. The fraction of sp³-hybridized carbons (Fsp3) is 0.226. The summed E-state index contributed by atoms with van der Waals surface area (Å²) in [6, 6.07) is 32.1. The van der Waals surface area contributed by atoms with Gasteiger partial charge in [-0.3, -0.25) is 9.88 Å². The van der Waals surface area contributed by atoms with Crippen molar-refractivity contribution < 1.29 is 9.53 Å². The Morgan fingerprint density at radius 3 is 2.22 bits per heavy atom. The number of benzene rings is 3. The van der Waals surface area contributed by atoms with Gasteiger partial charge >= 0.3 is 6.03 Å². The number of carbonyl (C=O) groups excluding carboxylic acids is 1. The molecule has 6 nitrogen and oxygen atoms in total. The molecule has 0 saturated carbocycles. The molecule has 2 heterocycles. The van der Waals surface area contributed by atoms with Gasteiger partial charge < -0.3 is 15.4 Å². The Bertz CT molecular complexity index is 1300. The number of aromatic nitrogens is 1. The van der Waals surface area contributed by atoms with Crippen LogP contribution in [0.15, 0.2) is 103 Å². The number of nitrogens with zero attached hydrogens (tertiary/aromatic N) is 2. The first-order valence-corrected chi connectivity index (χ1v) is 12.7. The Kier molecular flexibility index (Phi) is 7.89. The number of ether oxygens (including phenoxy) is 1. The minimum Gasteiger partial charge on any atom is -0.383 e. The predicted octanol–water partition coefficient (Wildman–Crippen LogP) is 5.65. The number of methoxy groups -OCH3 is 1. The fourth-order valence-corrected chi connectivity index (χ4v) is 4.97. The van der Waals surface area contributed by atoms with Gasteiger partial charge in [0, 0.05) is 50.0 Å². The number of nitrogens with one attached hydrogen (secondary N) is 2. The van der Waals surface area contributed by atoms with Crippen LogP contribution in [0.1, 0.15) is 11.5 Å². The van der Waals surface area contributed by atoms with Gasteiger partial charge in [0.2, 0.25) is 0 Å². The molecule has 2 N–H and O–H groups in total. The second kappa shape index (κ2) is 11.8. The lowest BCUT2D eigenvalue weighted by molar-refractivity contribution is 0.159. The van der Waals surface area contributed by atoms with E-state index in [0.29, 0.717) is 12.3 Å². The molecule has 37 heavy (non-hydrogen) atoms. The molecule has 0 spiro atoms. The van der Waals surface area contributed by atoms with Crippen LogP contribution < -0.4 is 10.6 Å². The van der Waals surface area contributed by atoms with E-state index in [1.54, 1.807) is 7.11 Å². The molecule has 1 aliphatic rings. The van der Waals surface area contributed by atoms with E-state index in [-0.39, 0.29) is 18.0 Å². The lowest BCUT2D eigenvalue weighted by Gasteiger charge is -2.21. The van der Waals surface area contributed by atoms with Crippen molar-refractivity contribution in [2.45, 2.75) is 12.0 Å². The summed E-state index contributed by atoms with van der Waals surface area (Å²) in [5, 5.41) is 6.38. The van der Waals surface area contributed by atoms with Gasteiger partial charge in [-0.1, -0.05) is 91.0 Å². The minimum absolute atomic E-state index is 0.0234. The maximum absolute atomic E-state index is 13.4. The van der Waals surface area contributed by atoms with Gasteiger partial charge in [-0.05, 0) is 17.2 Å². The van der Waals surface area contributed by atoms with Gasteiger partial charge in [-0.2, -0.15) is 0 Å². The molecule has 3 aromatic carbocycles. The Hall–Kier alpha value is -4.00. The first-order valence-electron chi connectivity index (χ1n) is 12.7. The molecular formula is C31H32N4O2. The summed E-state index contributed by atoms with van der Waals surface area (Å²) in [5.74, 6) is 0.200. The number of urea groups is 1. The Balaban J connectivity index is 1.39. The van der Waals surface area contributed by atoms with Crippen molar-refractivity contribution >= 4 is 11.7 Å². The molecule has 2 amide bonds. The van der Waals surface area contributed by atoms with Crippen molar-refractivity contribution in [1.82, 2.24) is 15.2 Å². The van der Waals surface area contributed by atoms with Gasteiger partial charge in [-0.15, -0.1) is 0 Å². The van der Waals surface area contributed by atoms with Crippen molar-refractivity contribution in [1.29, 1.82) is 0 Å². The smallest absolute Gasteiger partial charge is 0.319 e. The van der Waals surface area contributed by atoms with Crippen LogP contribution in [-0.2, 0) is 4.74 Å². The Morgan fingerprint density at radius 1 is 0.892 bits per heavy atom. The third-order valence-corrected chi connectivity index (χ3v) is 6.84. The summed E-state index contributed by atoms with van der Waals surface area (Å²) in [5.41, 5.74) is 5.59. The van der Waals surface area contributed by atoms with Crippen LogP contribution in [0.5, 0.6) is 0 Å². The number of pyridine rings is 1. The van der Waals surface area contributed by atoms with E-state index < -0.39 is 0 Å². The van der Waals surface area contributed by atoms with Gasteiger partial charge in [0.1, 0.15) is 0 Å². The average molecular weight is 493 g/mol. The van der Waals surface area contributed by atoms with Crippen LogP contribution in [0.25, 0.3) is 22.4 Å². The van der Waals surface area contributed by atoms with Gasteiger partial charge in [0.05, 0.1) is 24.0 Å². The molecule has 1 fully saturated rings. The topological polar surface area (TPSA) is 66.5 Å². The molecule has 1 aromatic heterocycles. The van der Waals surface area contributed by atoms with Crippen LogP contribution >= 0.6 is 0 Å². The number of amides is 2. The number of hydrogen-bond acceptors (Lipinski definition) is 4. The van der Waals surface area contributed by atoms with E-state index in [0.717, 1.165) is 42.0 Å². The van der Waals surface area contributed by atoms with E-state index in [9.17, 15) is 4.79 Å². The highest BCUT2D eigenvalue weighted by atomic mass is 16.5. The van der Waals surface area contributed by atoms with Crippen LogP contribution in [-0.4, -0.2) is 55.3 Å². The lowest BCUT2D eigenvalue weighted by Crippen LogP contribution is -2.42. The van der Waals surface area contributed by atoms with E-state index >= 15 is 0 Å². The van der Waals surface area contributed by atoms with Crippen molar-refractivity contribution in [2.75, 3.05) is 38.7 Å². The summed E-state index contributed by atoms with van der Waals surface area (Å²) < 4.78 is 5.29. The van der Waals surface area contributed by atoms with Gasteiger partial charge in [-0.25, -0.2) is 4.79 Å². The van der Waals surface area contributed by atoms with E-state index in [2.05, 4.69) is 39.8 Å². The normalized spacial score (nSPS) is 17.4. The van der Waals surface area contributed by atoms with Crippen molar-refractivity contribution in [3.05, 3.63) is 109 Å². The second-order valence-electron chi connectivity index (χ2n) is 9.33. The molecule has 0 bridgehead atoms. The maximum Gasteiger partial charge on any atom is 0.319 e. The molecule has 0 aliphatic carbocycles. The maximum atomic E-state index is 13.4. The Morgan fingerprint density at radius 2 is 1.54 bits per heavy atom. The number of anilines is 1. The first-order chi connectivity index (χ1) is 18.2.